The number of sulfonamides is 1. The zero-order valence-electron chi connectivity index (χ0n) is 13.8. The van der Waals surface area contributed by atoms with Crippen LogP contribution in [0.4, 0.5) is 0 Å². The Morgan fingerprint density at radius 3 is 2.22 bits per heavy atom. The Hall–Kier alpha value is -2.07. The smallest absolute Gasteiger partial charge is 0.262 e. The standard InChI is InChI=1S/C19H21NO2S/c1-13-5-10-18-15(11-13)12-17(20-23(18,21)22)14-6-8-16(9-7-14)19(2,3)4/h5-12,20H,1-4H3. The third-order valence-corrected chi connectivity index (χ3v) is 5.50. The second-order valence-corrected chi connectivity index (χ2v) is 8.68. The summed E-state index contributed by atoms with van der Waals surface area (Å²) in [6, 6.07) is 13.4. The molecule has 0 atom stereocenters. The Balaban J connectivity index is 2.07. The van der Waals surface area contributed by atoms with E-state index in [1.54, 1.807) is 6.07 Å². The first-order valence-corrected chi connectivity index (χ1v) is 9.11. The summed E-state index contributed by atoms with van der Waals surface area (Å²) < 4.78 is 27.6. The van der Waals surface area contributed by atoms with Crippen molar-refractivity contribution in [2.75, 3.05) is 0 Å². The van der Waals surface area contributed by atoms with Crippen molar-refractivity contribution in [1.82, 2.24) is 4.72 Å². The maximum atomic E-state index is 12.4. The predicted molar refractivity (Wildman–Crippen MR) is 94.5 cm³/mol. The second kappa shape index (κ2) is 5.24. The summed E-state index contributed by atoms with van der Waals surface area (Å²) in [6.07, 6.45) is 1.90. The lowest BCUT2D eigenvalue weighted by Crippen LogP contribution is -2.26. The van der Waals surface area contributed by atoms with Crippen molar-refractivity contribution in [3.05, 3.63) is 64.7 Å². The summed E-state index contributed by atoms with van der Waals surface area (Å²) in [4.78, 5) is 0.332. The minimum absolute atomic E-state index is 0.0721. The summed E-state index contributed by atoms with van der Waals surface area (Å²) in [7, 11) is -3.51. The van der Waals surface area contributed by atoms with Gasteiger partial charge >= 0.3 is 0 Å². The molecule has 1 aliphatic rings. The number of hydrogen-bond acceptors (Lipinski definition) is 2. The van der Waals surface area contributed by atoms with Gasteiger partial charge in [-0.05, 0) is 41.2 Å². The molecule has 4 heteroatoms. The van der Waals surface area contributed by atoms with E-state index < -0.39 is 10.0 Å². The van der Waals surface area contributed by atoms with Gasteiger partial charge in [-0.15, -0.1) is 0 Å². The first kappa shape index (κ1) is 15.8. The van der Waals surface area contributed by atoms with Crippen molar-refractivity contribution in [3.63, 3.8) is 0 Å². The molecule has 0 bridgehead atoms. The van der Waals surface area contributed by atoms with Crippen molar-refractivity contribution in [2.24, 2.45) is 0 Å². The lowest BCUT2D eigenvalue weighted by Gasteiger charge is -2.22. The van der Waals surface area contributed by atoms with E-state index in [2.05, 4.69) is 37.6 Å². The summed E-state index contributed by atoms with van der Waals surface area (Å²) in [6.45, 7) is 8.43. The van der Waals surface area contributed by atoms with Crippen LogP contribution in [0.1, 0.15) is 43.0 Å². The van der Waals surface area contributed by atoms with Crippen molar-refractivity contribution >= 4 is 21.8 Å². The van der Waals surface area contributed by atoms with Crippen LogP contribution in [0.15, 0.2) is 47.4 Å². The van der Waals surface area contributed by atoms with Crippen molar-refractivity contribution in [3.8, 4) is 0 Å². The molecule has 0 aromatic heterocycles. The highest BCUT2D eigenvalue weighted by molar-refractivity contribution is 7.90. The molecule has 0 saturated carbocycles. The third-order valence-electron chi connectivity index (χ3n) is 4.06. The molecule has 2 aromatic carbocycles. The van der Waals surface area contributed by atoms with Gasteiger partial charge in [-0.25, -0.2) is 8.42 Å². The number of benzene rings is 2. The fourth-order valence-electron chi connectivity index (χ4n) is 2.70. The van der Waals surface area contributed by atoms with Gasteiger partial charge in [0.05, 0.1) is 10.6 Å². The van der Waals surface area contributed by atoms with Gasteiger partial charge < -0.3 is 0 Å². The highest BCUT2D eigenvalue weighted by Gasteiger charge is 2.24. The molecule has 0 spiro atoms. The van der Waals surface area contributed by atoms with Crippen LogP contribution < -0.4 is 4.72 Å². The van der Waals surface area contributed by atoms with Gasteiger partial charge in [-0.2, -0.15) is 0 Å². The largest absolute Gasteiger partial charge is 0.279 e. The van der Waals surface area contributed by atoms with Crippen LogP contribution >= 0.6 is 0 Å². The third kappa shape index (κ3) is 3.04. The molecule has 1 N–H and O–H groups in total. The fourth-order valence-corrected chi connectivity index (χ4v) is 3.95. The Bertz CT molecular complexity index is 886. The van der Waals surface area contributed by atoms with E-state index in [0.29, 0.717) is 10.6 Å². The molecule has 0 fully saturated rings. The lowest BCUT2D eigenvalue weighted by atomic mass is 9.86. The molecule has 1 aliphatic heterocycles. The molecule has 0 aliphatic carbocycles. The normalized spacial score (nSPS) is 16.3. The Kier molecular flexibility index (Phi) is 3.60. The van der Waals surface area contributed by atoms with E-state index >= 15 is 0 Å². The van der Waals surface area contributed by atoms with Gasteiger partial charge in [0.1, 0.15) is 0 Å². The highest BCUT2D eigenvalue weighted by Crippen LogP contribution is 2.30. The van der Waals surface area contributed by atoms with Crippen LogP contribution in [0, 0.1) is 6.92 Å². The van der Waals surface area contributed by atoms with Crippen molar-refractivity contribution < 1.29 is 8.42 Å². The first-order chi connectivity index (χ1) is 10.7. The monoisotopic (exact) mass is 327 g/mol. The van der Waals surface area contributed by atoms with Crippen LogP contribution in [0.3, 0.4) is 0 Å². The van der Waals surface area contributed by atoms with Crippen LogP contribution in [0.5, 0.6) is 0 Å². The quantitative estimate of drug-likeness (QED) is 0.858. The average Bonchev–Trinajstić information content (AvgIpc) is 2.45. The zero-order valence-corrected chi connectivity index (χ0v) is 14.7. The maximum Gasteiger partial charge on any atom is 0.262 e. The number of aryl methyl sites for hydroxylation is 1. The van der Waals surface area contributed by atoms with Crippen molar-refractivity contribution in [1.29, 1.82) is 0 Å². The van der Waals surface area contributed by atoms with E-state index in [4.69, 9.17) is 0 Å². The predicted octanol–water partition coefficient (Wildman–Crippen LogP) is 4.08. The number of rotatable bonds is 1. The molecule has 0 amide bonds. The molecule has 0 radical (unpaired) electrons. The molecule has 1 heterocycles. The number of fused-ring (bicyclic) bond motifs is 1. The van der Waals surface area contributed by atoms with Gasteiger partial charge in [-0.1, -0.05) is 62.7 Å². The minimum Gasteiger partial charge on any atom is -0.279 e. The van der Waals surface area contributed by atoms with Gasteiger partial charge in [0.15, 0.2) is 0 Å². The summed E-state index contributed by atoms with van der Waals surface area (Å²) in [5, 5.41) is 0. The van der Waals surface area contributed by atoms with Gasteiger partial charge in [0.2, 0.25) is 0 Å². The Morgan fingerprint density at radius 1 is 0.957 bits per heavy atom. The summed E-state index contributed by atoms with van der Waals surface area (Å²) >= 11 is 0. The van der Waals surface area contributed by atoms with Gasteiger partial charge in [-0.3, -0.25) is 4.72 Å². The maximum absolute atomic E-state index is 12.4. The second-order valence-electron chi connectivity index (χ2n) is 7.03. The summed E-state index contributed by atoms with van der Waals surface area (Å²) in [5.74, 6) is 0. The molecule has 2 aromatic rings. The molecule has 120 valence electrons. The Labute approximate surface area is 138 Å². The van der Waals surface area contributed by atoms with Crippen LogP contribution in [0.2, 0.25) is 0 Å². The molecule has 0 saturated heterocycles. The average molecular weight is 327 g/mol. The molecular weight excluding hydrogens is 306 g/mol. The number of nitrogens with one attached hydrogen (secondary N) is 1. The summed E-state index contributed by atoms with van der Waals surface area (Å²) in [5.41, 5.74) is 4.55. The number of hydrogen-bond donors (Lipinski definition) is 1. The van der Waals surface area contributed by atoms with E-state index in [1.807, 2.05) is 37.3 Å². The SMILES string of the molecule is Cc1ccc2c(c1)C=C(c1ccc(C(C)(C)C)cc1)NS2(=O)=O. The molecule has 3 nitrogen and oxygen atoms in total. The zero-order chi connectivity index (χ0) is 16.8. The van der Waals surface area contributed by atoms with Gasteiger partial charge in [0, 0.05) is 0 Å². The molecule has 0 unspecified atom stereocenters. The molecule has 3 rings (SSSR count). The lowest BCUT2D eigenvalue weighted by molar-refractivity contribution is 0.589. The van der Waals surface area contributed by atoms with Crippen LogP contribution in [0.25, 0.3) is 11.8 Å². The van der Waals surface area contributed by atoms with E-state index in [9.17, 15) is 8.42 Å². The molecule has 23 heavy (non-hydrogen) atoms. The van der Waals surface area contributed by atoms with E-state index in [1.165, 1.54) is 5.56 Å². The highest BCUT2D eigenvalue weighted by atomic mass is 32.2. The fraction of sp³-hybridized carbons (Fsp3) is 0.263. The van der Waals surface area contributed by atoms with Crippen molar-refractivity contribution in [2.45, 2.75) is 38.0 Å². The van der Waals surface area contributed by atoms with Gasteiger partial charge in [0.25, 0.3) is 10.0 Å². The van der Waals surface area contributed by atoms with Crippen LogP contribution in [-0.4, -0.2) is 8.42 Å². The first-order valence-electron chi connectivity index (χ1n) is 7.63. The topological polar surface area (TPSA) is 46.2 Å². The molecular formula is C19H21NO2S. The minimum atomic E-state index is -3.51. The Morgan fingerprint density at radius 2 is 1.61 bits per heavy atom. The van der Waals surface area contributed by atoms with E-state index in [0.717, 1.165) is 16.7 Å². The van der Waals surface area contributed by atoms with E-state index in [-0.39, 0.29) is 5.41 Å². The van der Waals surface area contributed by atoms with Crippen LogP contribution in [-0.2, 0) is 15.4 Å².